The van der Waals surface area contributed by atoms with Crippen molar-refractivity contribution >= 4 is 11.9 Å². The van der Waals surface area contributed by atoms with Crippen LogP contribution in [0.3, 0.4) is 0 Å². The minimum Gasteiger partial charge on any atom is -0.452 e. The molecule has 5 nitrogen and oxygen atoms in total. The lowest BCUT2D eigenvalue weighted by Gasteiger charge is -2.26. The lowest BCUT2D eigenvalue weighted by Crippen LogP contribution is -2.39. The molecule has 132 valence electrons. The number of hydrogen-bond donors (Lipinski definition) is 1. The van der Waals surface area contributed by atoms with E-state index in [0.717, 1.165) is 5.56 Å². The van der Waals surface area contributed by atoms with E-state index < -0.39 is 5.97 Å². The van der Waals surface area contributed by atoms with Gasteiger partial charge in [-0.15, -0.1) is 0 Å². The minimum atomic E-state index is -0.554. The van der Waals surface area contributed by atoms with Crippen LogP contribution in [0.2, 0.25) is 0 Å². The number of esters is 1. The summed E-state index contributed by atoms with van der Waals surface area (Å²) in [6, 6.07) is 16.1. The Balaban J connectivity index is 1.94. The van der Waals surface area contributed by atoms with Crippen molar-refractivity contribution in [3.8, 4) is 0 Å². The molecule has 0 saturated heterocycles. The lowest BCUT2D eigenvalue weighted by molar-refractivity contribution is -0.136. The summed E-state index contributed by atoms with van der Waals surface area (Å²) in [7, 11) is 0. The third-order valence-electron chi connectivity index (χ3n) is 3.84. The smallest absolute Gasteiger partial charge is 0.338 e. The summed E-state index contributed by atoms with van der Waals surface area (Å²) in [6.45, 7) is 3.94. The molecule has 1 N–H and O–H groups in total. The number of hydrogen-bond acceptors (Lipinski definition) is 4. The van der Waals surface area contributed by atoms with E-state index in [-0.39, 0.29) is 25.2 Å². The highest BCUT2D eigenvalue weighted by Gasteiger charge is 2.19. The molecule has 0 heterocycles. The molecule has 0 saturated carbocycles. The Morgan fingerprint density at radius 1 is 1.00 bits per heavy atom. The summed E-state index contributed by atoms with van der Waals surface area (Å²) in [6.07, 6.45) is 0. The molecule has 0 aliphatic heterocycles. The van der Waals surface area contributed by atoms with Crippen molar-refractivity contribution < 1.29 is 19.4 Å². The fraction of sp³-hybridized carbons (Fsp3) is 0.300. The van der Waals surface area contributed by atoms with E-state index in [1.54, 1.807) is 29.2 Å². The first kappa shape index (κ1) is 18.7. The maximum absolute atomic E-state index is 12.4. The Morgan fingerprint density at radius 3 is 2.20 bits per heavy atom. The number of aliphatic hydroxyl groups is 1. The van der Waals surface area contributed by atoms with Gasteiger partial charge in [-0.05, 0) is 37.1 Å². The molecule has 2 rings (SSSR count). The van der Waals surface area contributed by atoms with Crippen LogP contribution in [0.1, 0.15) is 35.3 Å². The van der Waals surface area contributed by atoms with Crippen LogP contribution < -0.4 is 0 Å². The van der Waals surface area contributed by atoms with Gasteiger partial charge in [0.25, 0.3) is 5.91 Å². The number of amides is 1. The van der Waals surface area contributed by atoms with Crippen molar-refractivity contribution in [3.63, 3.8) is 0 Å². The van der Waals surface area contributed by atoms with E-state index in [9.17, 15) is 9.59 Å². The molecular formula is C20H23NO4. The van der Waals surface area contributed by atoms with Gasteiger partial charge in [0.1, 0.15) is 0 Å². The van der Waals surface area contributed by atoms with Gasteiger partial charge in [-0.1, -0.05) is 42.5 Å². The minimum absolute atomic E-state index is 0.00440. The largest absolute Gasteiger partial charge is 0.452 e. The third-order valence-corrected chi connectivity index (χ3v) is 3.84. The second-order valence-electron chi connectivity index (χ2n) is 6.03. The zero-order valence-electron chi connectivity index (χ0n) is 14.5. The fourth-order valence-electron chi connectivity index (χ4n) is 2.38. The van der Waals surface area contributed by atoms with Crippen LogP contribution in [0.5, 0.6) is 0 Å². The molecule has 5 heteroatoms. The number of ether oxygens (including phenoxy) is 1. The highest BCUT2D eigenvalue weighted by atomic mass is 16.5. The van der Waals surface area contributed by atoms with Crippen molar-refractivity contribution in [1.29, 1.82) is 0 Å². The van der Waals surface area contributed by atoms with Crippen LogP contribution in [0.25, 0.3) is 0 Å². The summed E-state index contributed by atoms with van der Waals surface area (Å²) < 4.78 is 5.14. The predicted octanol–water partition coefficient (Wildman–Crippen LogP) is 2.77. The van der Waals surface area contributed by atoms with Gasteiger partial charge in [0, 0.05) is 12.6 Å². The number of benzene rings is 2. The SMILES string of the molecule is CC(C)N(Cc1ccccc1)C(=O)COC(=O)c1ccc(CO)cc1. The molecular weight excluding hydrogens is 318 g/mol. The summed E-state index contributed by atoms with van der Waals surface area (Å²) in [5.41, 5.74) is 2.08. The highest BCUT2D eigenvalue weighted by Crippen LogP contribution is 2.10. The Hall–Kier alpha value is -2.66. The van der Waals surface area contributed by atoms with Crippen LogP contribution >= 0.6 is 0 Å². The Bertz CT molecular complexity index is 695. The molecule has 1 amide bonds. The number of nitrogens with zero attached hydrogens (tertiary/aromatic N) is 1. The number of rotatable bonds is 7. The van der Waals surface area contributed by atoms with Gasteiger partial charge >= 0.3 is 5.97 Å². The van der Waals surface area contributed by atoms with Crippen molar-refractivity contribution in [3.05, 3.63) is 71.3 Å². The molecule has 0 fully saturated rings. The van der Waals surface area contributed by atoms with E-state index in [1.807, 2.05) is 44.2 Å². The summed E-state index contributed by atoms with van der Waals surface area (Å²) in [5, 5.41) is 9.01. The third kappa shape index (κ3) is 5.43. The second-order valence-corrected chi connectivity index (χ2v) is 6.03. The van der Waals surface area contributed by atoms with E-state index in [1.165, 1.54) is 0 Å². The van der Waals surface area contributed by atoms with Gasteiger partial charge in [0.15, 0.2) is 6.61 Å². The zero-order valence-corrected chi connectivity index (χ0v) is 14.5. The average Bonchev–Trinajstić information content (AvgIpc) is 2.64. The summed E-state index contributed by atoms with van der Waals surface area (Å²) >= 11 is 0. The molecule has 0 unspecified atom stereocenters. The van der Waals surface area contributed by atoms with Gasteiger partial charge in [0.2, 0.25) is 0 Å². The van der Waals surface area contributed by atoms with Crippen molar-refractivity contribution in [2.24, 2.45) is 0 Å². The molecule has 0 radical (unpaired) electrons. The number of aliphatic hydroxyl groups excluding tert-OH is 1. The first-order valence-electron chi connectivity index (χ1n) is 8.21. The Kier molecular flexibility index (Phi) is 6.71. The van der Waals surface area contributed by atoms with Gasteiger partial charge in [-0.3, -0.25) is 4.79 Å². The second kappa shape index (κ2) is 8.99. The highest BCUT2D eigenvalue weighted by molar-refractivity contribution is 5.91. The summed E-state index contributed by atoms with van der Waals surface area (Å²) in [5.74, 6) is -0.791. The van der Waals surface area contributed by atoms with Crippen LogP contribution in [0, 0.1) is 0 Å². The molecule has 2 aromatic rings. The van der Waals surface area contributed by atoms with E-state index in [0.29, 0.717) is 17.7 Å². The first-order valence-corrected chi connectivity index (χ1v) is 8.21. The van der Waals surface area contributed by atoms with E-state index >= 15 is 0 Å². The first-order chi connectivity index (χ1) is 12.0. The van der Waals surface area contributed by atoms with Gasteiger partial charge in [-0.25, -0.2) is 4.79 Å². The lowest BCUT2D eigenvalue weighted by atomic mass is 10.1. The standard InChI is InChI=1S/C20H23NO4/c1-15(2)21(12-16-6-4-3-5-7-16)19(23)14-25-20(24)18-10-8-17(13-22)9-11-18/h3-11,15,22H,12-14H2,1-2H3. The molecule has 0 atom stereocenters. The van der Waals surface area contributed by atoms with Gasteiger partial charge in [0.05, 0.1) is 12.2 Å². The van der Waals surface area contributed by atoms with Gasteiger partial charge in [-0.2, -0.15) is 0 Å². The average molecular weight is 341 g/mol. The van der Waals surface area contributed by atoms with Crippen LogP contribution in [0.4, 0.5) is 0 Å². The maximum Gasteiger partial charge on any atom is 0.338 e. The fourth-order valence-corrected chi connectivity index (χ4v) is 2.38. The van der Waals surface area contributed by atoms with E-state index in [2.05, 4.69) is 0 Å². The quantitative estimate of drug-likeness (QED) is 0.787. The van der Waals surface area contributed by atoms with Crippen molar-refractivity contribution in [1.82, 2.24) is 4.90 Å². The molecule has 2 aromatic carbocycles. The topological polar surface area (TPSA) is 66.8 Å². The van der Waals surface area contributed by atoms with Crippen LogP contribution in [-0.2, 0) is 22.7 Å². The normalized spacial score (nSPS) is 10.6. The number of carbonyl (C=O) groups is 2. The molecule has 0 aromatic heterocycles. The summed E-state index contributed by atoms with van der Waals surface area (Å²) in [4.78, 5) is 26.2. The zero-order chi connectivity index (χ0) is 18.2. The maximum atomic E-state index is 12.4. The molecule has 0 spiro atoms. The predicted molar refractivity (Wildman–Crippen MR) is 94.8 cm³/mol. The molecule has 25 heavy (non-hydrogen) atoms. The Morgan fingerprint density at radius 2 is 1.64 bits per heavy atom. The number of carbonyl (C=O) groups excluding carboxylic acids is 2. The van der Waals surface area contributed by atoms with Crippen LogP contribution in [-0.4, -0.2) is 34.5 Å². The molecule has 0 aliphatic rings. The molecule has 0 aliphatic carbocycles. The molecule has 0 bridgehead atoms. The van der Waals surface area contributed by atoms with Crippen molar-refractivity contribution in [2.75, 3.05) is 6.61 Å². The van der Waals surface area contributed by atoms with Crippen molar-refractivity contribution in [2.45, 2.75) is 33.0 Å². The van der Waals surface area contributed by atoms with E-state index in [4.69, 9.17) is 9.84 Å². The monoisotopic (exact) mass is 341 g/mol. The van der Waals surface area contributed by atoms with Crippen LogP contribution in [0.15, 0.2) is 54.6 Å². The Labute approximate surface area is 147 Å². The van der Waals surface area contributed by atoms with Gasteiger partial charge < -0.3 is 14.7 Å².